The van der Waals surface area contributed by atoms with Gasteiger partial charge in [0.05, 0.1) is 0 Å². The van der Waals surface area contributed by atoms with Gasteiger partial charge in [-0.05, 0) is 32.1 Å². The Balaban J connectivity index is 2.13. The van der Waals surface area contributed by atoms with Gasteiger partial charge in [-0.3, -0.25) is 5.43 Å². The quantitative estimate of drug-likeness (QED) is 0.760. The molecule has 6 heteroatoms. The van der Waals surface area contributed by atoms with Crippen molar-refractivity contribution in [2.75, 3.05) is 5.43 Å². The second kappa shape index (κ2) is 5.07. The summed E-state index contributed by atoms with van der Waals surface area (Å²) in [6.07, 6.45) is 4.65. The van der Waals surface area contributed by atoms with Crippen LogP contribution in [0.3, 0.4) is 0 Å². The zero-order valence-corrected chi connectivity index (χ0v) is 10.2. The normalized spacial score (nSPS) is 22.7. The van der Waals surface area contributed by atoms with E-state index < -0.39 is 5.69 Å². The number of aryl methyl sites for hydroxylation is 1. The fourth-order valence-corrected chi connectivity index (χ4v) is 1.96. The topological polar surface area (TPSA) is 83.0 Å². The maximum absolute atomic E-state index is 11.0. The first kappa shape index (κ1) is 11.8. The van der Waals surface area contributed by atoms with Gasteiger partial charge < -0.3 is 0 Å². The minimum atomic E-state index is -0.463. The third-order valence-electron chi connectivity index (χ3n) is 3.07. The molecule has 0 spiro atoms. The van der Waals surface area contributed by atoms with Gasteiger partial charge in [-0.2, -0.15) is 15.2 Å². The van der Waals surface area contributed by atoms with Gasteiger partial charge in [-0.15, -0.1) is 0 Å². The van der Waals surface area contributed by atoms with Crippen LogP contribution in [0, 0.1) is 12.8 Å². The molecule has 1 aliphatic rings. The number of rotatable bonds is 2. The Morgan fingerprint density at radius 2 is 2.29 bits per heavy atom. The van der Waals surface area contributed by atoms with Gasteiger partial charge in [0, 0.05) is 5.71 Å². The zero-order valence-electron chi connectivity index (χ0n) is 10.2. The predicted octanol–water partition coefficient (Wildman–Crippen LogP) is 1.45. The molecule has 17 heavy (non-hydrogen) atoms. The molecule has 1 aromatic heterocycles. The molecule has 6 nitrogen and oxygen atoms in total. The summed E-state index contributed by atoms with van der Waals surface area (Å²) in [5.74, 6) is 0.936. The molecule has 1 unspecified atom stereocenters. The van der Waals surface area contributed by atoms with Crippen LogP contribution in [0.25, 0.3) is 0 Å². The van der Waals surface area contributed by atoms with E-state index in [0.29, 0.717) is 17.4 Å². The first-order valence-corrected chi connectivity index (χ1v) is 5.92. The Morgan fingerprint density at radius 3 is 3.06 bits per heavy atom. The summed E-state index contributed by atoms with van der Waals surface area (Å²) in [5, 5.41) is 10.5. The SMILES string of the molecule is Cc1n[nH]c(=O)nc1N/N=C1\CCCCC1C. The van der Waals surface area contributed by atoms with Gasteiger partial charge >= 0.3 is 5.69 Å². The first-order valence-electron chi connectivity index (χ1n) is 5.92. The lowest BCUT2D eigenvalue weighted by atomic mass is 9.89. The Kier molecular flexibility index (Phi) is 3.51. The van der Waals surface area contributed by atoms with E-state index in [1.807, 2.05) is 0 Å². The second-order valence-electron chi connectivity index (χ2n) is 4.44. The minimum Gasteiger partial charge on any atom is -0.260 e. The monoisotopic (exact) mass is 235 g/mol. The summed E-state index contributed by atoms with van der Waals surface area (Å²) in [5.41, 5.74) is 4.17. The highest BCUT2D eigenvalue weighted by molar-refractivity contribution is 5.87. The molecule has 1 aliphatic carbocycles. The van der Waals surface area contributed by atoms with E-state index in [-0.39, 0.29) is 0 Å². The van der Waals surface area contributed by atoms with Gasteiger partial charge in [-0.1, -0.05) is 13.3 Å². The number of hydrogen-bond acceptors (Lipinski definition) is 5. The van der Waals surface area contributed by atoms with Crippen molar-refractivity contribution < 1.29 is 0 Å². The molecule has 2 N–H and O–H groups in total. The van der Waals surface area contributed by atoms with Crippen LogP contribution < -0.4 is 11.1 Å². The van der Waals surface area contributed by atoms with Gasteiger partial charge in [-0.25, -0.2) is 9.89 Å². The van der Waals surface area contributed by atoms with Crippen LogP contribution in [0.2, 0.25) is 0 Å². The summed E-state index contributed by atoms with van der Waals surface area (Å²) in [6.45, 7) is 3.95. The average molecular weight is 235 g/mol. The molecule has 1 saturated carbocycles. The molecular formula is C11H17N5O. The fraction of sp³-hybridized carbons (Fsp3) is 0.636. The van der Waals surface area contributed by atoms with Gasteiger partial charge in [0.1, 0.15) is 5.69 Å². The zero-order chi connectivity index (χ0) is 12.3. The number of hydrazone groups is 1. The molecule has 1 heterocycles. The van der Waals surface area contributed by atoms with Gasteiger partial charge in [0.15, 0.2) is 5.82 Å². The van der Waals surface area contributed by atoms with Crippen LogP contribution >= 0.6 is 0 Å². The molecular weight excluding hydrogens is 218 g/mol. The lowest BCUT2D eigenvalue weighted by Crippen LogP contribution is -2.19. The van der Waals surface area contributed by atoms with Gasteiger partial charge in [0.25, 0.3) is 0 Å². The van der Waals surface area contributed by atoms with E-state index in [2.05, 4.69) is 32.6 Å². The van der Waals surface area contributed by atoms with Crippen molar-refractivity contribution in [2.45, 2.75) is 39.5 Å². The van der Waals surface area contributed by atoms with E-state index in [1.165, 1.54) is 19.3 Å². The molecule has 0 aliphatic heterocycles. The van der Waals surface area contributed by atoms with E-state index in [9.17, 15) is 4.79 Å². The van der Waals surface area contributed by atoms with Crippen molar-refractivity contribution in [3.05, 3.63) is 16.2 Å². The number of anilines is 1. The summed E-state index contributed by atoms with van der Waals surface area (Å²) >= 11 is 0. The molecule has 0 amide bonds. The Bertz CT molecular complexity index is 479. The Hall–Kier alpha value is -1.72. The number of H-pyrrole nitrogens is 1. The maximum atomic E-state index is 11.0. The molecule has 2 rings (SSSR count). The first-order chi connectivity index (χ1) is 8.16. The van der Waals surface area contributed by atoms with Crippen LogP contribution in [-0.2, 0) is 0 Å². The fourth-order valence-electron chi connectivity index (χ4n) is 1.96. The van der Waals surface area contributed by atoms with E-state index in [1.54, 1.807) is 6.92 Å². The van der Waals surface area contributed by atoms with Crippen molar-refractivity contribution in [1.29, 1.82) is 0 Å². The van der Waals surface area contributed by atoms with Gasteiger partial charge in [0.2, 0.25) is 0 Å². The smallest absolute Gasteiger partial charge is 0.260 e. The Morgan fingerprint density at radius 1 is 1.47 bits per heavy atom. The lowest BCUT2D eigenvalue weighted by Gasteiger charge is -2.19. The largest absolute Gasteiger partial charge is 0.363 e. The third kappa shape index (κ3) is 2.89. The van der Waals surface area contributed by atoms with Crippen molar-refractivity contribution >= 4 is 11.5 Å². The van der Waals surface area contributed by atoms with E-state index in [0.717, 1.165) is 12.1 Å². The van der Waals surface area contributed by atoms with E-state index in [4.69, 9.17) is 0 Å². The van der Waals surface area contributed by atoms with Crippen molar-refractivity contribution in [2.24, 2.45) is 11.0 Å². The molecule has 0 saturated heterocycles. The number of hydrogen-bond donors (Lipinski definition) is 2. The number of aromatic amines is 1. The Labute approximate surface area is 99.5 Å². The lowest BCUT2D eigenvalue weighted by molar-refractivity contribution is 0.558. The molecule has 1 fully saturated rings. The number of aromatic nitrogens is 3. The van der Waals surface area contributed by atoms with Crippen molar-refractivity contribution in [3.63, 3.8) is 0 Å². The molecule has 1 atom stereocenters. The highest BCUT2D eigenvalue weighted by Gasteiger charge is 2.15. The number of nitrogens with one attached hydrogen (secondary N) is 2. The highest BCUT2D eigenvalue weighted by atomic mass is 16.1. The van der Waals surface area contributed by atoms with Crippen LogP contribution in [0.1, 0.15) is 38.3 Å². The number of nitrogens with zero attached hydrogens (tertiary/aromatic N) is 3. The van der Waals surface area contributed by atoms with E-state index >= 15 is 0 Å². The van der Waals surface area contributed by atoms with Crippen LogP contribution in [0.15, 0.2) is 9.90 Å². The molecule has 92 valence electrons. The molecule has 0 radical (unpaired) electrons. The predicted molar refractivity (Wildman–Crippen MR) is 66.1 cm³/mol. The molecule has 1 aromatic rings. The van der Waals surface area contributed by atoms with Crippen molar-refractivity contribution in [1.82, 2.24) is 15.2 Å². The molecule has 0 bridgehead atoms. The summed E-state index contributed by atoms with van der Waals surface area (Å²) in [4.78, 5) is 14.8. The summed E-state index contributed by atoms with van der Waals surface area (Å²) in [7, 11) is 0. The summed E-state index contributed by atoms with van der Waals surface area (Å²) in [6, 6.07) is 0. The van der Waals surface area contributed by atoms with Crippen LogP contribution in [0.4, 0.5) is 5.82 Å². The average Bonchev–Trinajstić information content (AvgIpc) is 2.32. The highest BCUT2D eigenvalue weighted by Crippen LogP contribution is 2.21. The third-order valence-corrected chi connectivity index (χ3v) is 3.07. The molecule has 0 aromatic carbocycles. The minimum absolute atomic E-state index is 0.430. The van der Waals surface area contributed by atoms with Crippen LogP contribution in [0.5, 0.6) is 0 Å². The van der Waals surface area contributed by atoms with Crippen molar-refractivity contribution in [3.8, 4) is 0 Å². The second-order valence-corrected chi connectivity index (χ2v) is 4.44. The maximum Gasteiger partial charge on any atom is 0.363 e. The summed E-state index contributed by atoms with van der Waals surface area (Å²) < 4.78 is 0. The standard InChI is InChI=1S/C11H17N5O/c1-7-5-3-4-6-9(7)14-15-10-8(2)13-16-11(17)12-10/h7H,3-6H2,1-2H3,(H2,12,15,16,17)/b14-9+. The van der Waals surface area contributed by atoms with Crippen LogP contribution in [-0.4, -0.2) is 20.9 Å².